The van der Waals surface area contributed by atoms with E-state index in [4.69, 9.17) is 0 Å². The van der Waals surface area contributed by atoms with Gasteiger partial charge >= 0.3 is 0 Å². The predicted molar refractivity (Wildman–Crippen MR) is 85.5 cm³/mol. The minimum Gasteiger partial charge on any atom is -0.355 e. The van der Waals surface area contributed by atoms with E-state index in [0.717, 1.165) is 42.1 Å². The molecule has 8 heteroatoms. The van der Waals surface area contributed by atoms with Gasteiger partial charge in [0.2, 0.25) is 0 Å². The maximum absolute atomic E-state index is 12.2. The minimum absolute atomic E-state index is 0.109. The Bertz CT molecular complexity index is 757. The van der Waals surface area contributed by atoms with Crippen LogP contribution in [-0.2, 0) is 7.05 Å². The van der Waals surface area contributed by atoms with E-state index in [1.54, 1.807) is 0 Å². The van der Waals surface area contributed by atoms with E-state index in [1.807, 2.05) is 13.0 Å². The second kappa shape index (κ2) is 6.23. The Morgan fingerprint density at radius 2 is 2.09 bits per heavy atom. The van der Waals surface area contributed by atoms with Crippen LogP contribution in [0.2, 0.25) is 0 Å². The Hall–Kier alpha value is -2.64. The van der Waals surface area contributed by atoms with Crippen LogP contribution in [0.4, 0.5) is 5.82 Å². The van der Waals surface area contributed by atoms with Gasteiger partial charge in [-0.05, 0) is 25.8 Å². The highest BCUT2D eigenvalue weighted by Gasteiger charge is 2.23. The summed E-state index contributed by atoms with van der Waals surface area (Å²) < 4.78 is 1.16. The van der Waals surface area contributed by atoms with Gasteiger partial charge in [-0.2, -0.15) is 10.2 Å². The largest absolute Gasteiger partial charge is 0.355 e. The molecule has 8 nitrogen and oxygen atoms in total. The number of H-pyrrole nitrogens is 1. The molecule has 1 aliphatic heterocycles. The van der Waals surface area contributed by atoms with Crippen LogP contribution < -0.4 is 15.8 Å². The van der Waals surface area contributed by atoms with Crippen molar-refractivity contribution in [1.29, 1.82) is 0 Å². The van der Waals surface area contributed by atoms with Crippen molar-refractivity contribution in [2.24, 2.45) is 7.05 Å². The summed E-state index contributed by atoms with van der Waals surface area (Å²) in [6.07, 6.45) is 1.70. The van der Waals surface area contributed by atoms with Crippen LogP contribution in [0.25, 0.3) is 0 Å². The van der Waals surface area contributed by atoms with Crippen LogP contribution in [0, 0.1) is 6.92 Å². The summed E-state index contributed by atoms with van der Waals surface area (Å²) in [4.78, 5) is 25.7. The summed E-state index contributed by atoms with van der Waals surface area (Å²) in [5, 5.41) is 14.2. The fourth-order valence-corrected chi connectivity index (χ4v) is 2.70. The van der Waals surface area contributed by atoms with Crippen LogP contribution in [-0.4, -0.2) is 45.0 Å². The first-order valence-electron chi connectivity index (χ1n) is 7.65. The monoisotopic (exact) mass is 316 g/mol. The zero-order chi connectivity index (χ0) is 16.4. The van der Waals surface area contributed by atoms with E-state index in [2.05, 4.69) is 25.5 Å². The molecule has 0 saturated carbocycles. The molecule has 0 atom stereocenters. The molecule has 1 saturated heterocycles. The van der Waals surface area contributed by atoms with Crippen LogP contribution in [0.1, 0.15) is 29.0 Å². The lowest BCUT2D eigenvalue weighted by molar-refractivity contribution is 0.0923. The van der Waals surface area contributed by atoms with Crippen LogP contribution in [0.5, 0.6) is 0 Å². The molecule has 2 N–H and O–H groups in total. The number of carbonyl (C=O) groups is 1. The van der Waals surface area contributed by atoms with Crippen molar-refractivity contribution in [3.05, 3.63) is 39.9 Å². The fraction of sp³-hybridized carbons (Fsp3) is 0.467. The number of carbonyl (C=O) groups excluding carboxylic acids is 1. The van der Waals surface area contributed by atoms with Gasteiger partial charge in [0.15, 0.2) is 5.82 Å². The van der Waals surface area contributed by atoms with Crippen LogP contribution >= 0.6 is 0 Å². The summed E-state index contributed by atoms with van der Waals surface area (Å²) in [5.41, 5.74) is 1.07. The Morgan fingerprint density at radius 3 is 2.70 bits per heavy atom. The highest BCUT2D eigenvalue weighted by molar-refractivity contribution is 5.92. The molecule has 0 bridgehead atoms. The molecule has 0 radical (unpaired) electrons. The normalized spacial score (nSPS) is 15.7. The number of hydrogen-bond acceptors (Lipinski definition) is 5. The Kier molecular flexibility index (Phi) is 4.14. The number of nitrogens with one attached hydrogen (secondary N) is 2. The molecule has 1 aliphatic rings. The van der Waals surface area contributed by atoms with Gasteiger partial charge < -0.3 is 10.2 Å². The van der Waals surface area contributed by atoms with Crippen molar-refractivity contribution in [3.63, 3.8) is 0 Å². The van der Waals surface area contributed by atoms with Crippen molar-refractivity contribution < 1.29 is 4.79 Å². The third-order valence-corrected chi connectivity index (χ3v) is 4.04. The minimum atomic E-state index is -0.241. The van der Waals surface area contributed by atoms with E-state index >= 15 is 0 Å². The van der Waals surface area contributed by atoms with E-state index in [0.29, 0.717) is 0 Å². The number of aryl methyl sites for hydroxylation is 2. The molecular formula is C15H20N6O2. The second-order valence-electron chi connectivity index (χ2n) is 5.82. The fourth-order valence-electron chi connectivity index (χ4n) is 2.70. The molecule has 1 fully saturated rings. The number of rotatable bonds is 3. The number of aromatic nitrogens is 4. The van der Waals surface area contributed by atoms with Gasteiger partial charge in [0.1, 0.15) is 5.69 Å². The molecule has 0 aliphatic carbocycles. The average molecular weight is 316 g/mol. The Labute approximate surface area is 133 Å². The van der Waals surface area contributed by atoms with E-state index < -0.39 is 0 Å². The standard InChI is InChI=1S/C15H20N6O2/c1-10-9-13(18-17-10)21-7-5-11(6-8-21)16-15(23)12-3-4-14(22)20(2)19-12/h3-4,9,11H,5-8H2,1-2H3,(H,16,23)(H,17,18). The molecule has 1 amide bonds. The number of nitrogens with zero attached hydrogens (tertiary/aromatic N) is 4. The van der Waals surface area contributed by atoms with Gasteiger partial charge in [0.05, 0.1) is 0 Å². The van der Waals surface area contributed by atoms with E-state index in [1.165, 1.54) is 19.2 Å². The summed E-state index contributed by atoms with van der Waals surface area (Å²) in [6, 6.07) is 4.94. The third kappa shape index (κ3) is 3.41. The number of piperidine rings is 1. The number of hydrogen-bond donors (Lipinski definition) is 2. The lowest BCUT2D eigenvalue weighted by Gasteiger charge is -2.32. The molecule has 3 heterocycles. The Morgan fingerprint density at radius 1 is 1.35 bits per heavy atom. The lowest BCUT2D eigenvalue weighted by atomic mass is 10.0. The molecule has 0 spiro atoms. The molecule has 3 rings (SSSR count). The smallest absolute Gasteiger partial charge is 0.271 e. The van der Waals surface area contributed by atoms with E-state index in [-0.39, 0.29) is 23.2 Å². The molecule has 122 valence electrons. The van der Waals surface area contributed by atoms with Gasteiger partial charge in [-0.1, -0.05) is 0 Å². The number of amides is 1. The molecule has 23 heavy (non-hydrogen) atoms. The topological polar surface area (TPSA) is 95.9 Å². The van der Waals surface area contributed by atoms with E-state index in [9.17, 15) is 9.59 Å². The molecule has 0 unspecified atom stereocenters. The summed E-state index contributed by atoms with van der Waals surface area (Å²) in [7, 11) is 1.53. The SMILES string of the molecule is Cc1cc(N2CCC(NC(=O)c3ccc(=O)n(C)n3)CC2)n[nH]1. The van der Waals surface area contributed by atoms with Crippen molar-refractivity contribution in [1.82, 2.24) is 25.3 Å². The first-order chi connectivity index (χ1) is 11.0. The van der Waals surface area contributed by atoms with Crippen molar-refractivity contribution >= 4 is 11.7 Å². The molecular weight excluding hydrogens is 296 g/mol. The number of aromatic amines is 1. The summed E-state index contributed by atoms with van der Waals surface area (Å²) >= 11 is 0. The first-order valence-corrected chi connectivity index (χ1v) is 7.65. The average Bonchev–Trinajstić information content (AvgIpc) is 2.97. The van der Waals surface area contributed by atoms with Gasteiger partial charge in [-0.25, -0.2) is 4.68 Å². The third-order valence-electron chi connectivity index (χ3n) is 4.04. The highest BCUT2D eigenvalue weighted by atomic mass is 16.2. The summed E-state index contributed by atoms with van der Waals surface area (Å²) in [5.74, 6) is 0.710. The molecule has 2 aromatic rings. The van der Waals surface area contributed by atoms with Crippen molar-refractivity contribution in [2.75, 3.05) is 18.0 Å². The lowest BCUT2D eigenvalue weighted by Crippen LogP contribution is -2.45. The zero-order valence-electron chi connectivity index (χ0n) is 13.2. The van der Waals surface area contributed by atoms with Crippen LogP contribution in [0.3, 0.4) is 0 Å². The van der Waals surface area contributed by atoms with Gasteiger partial charge in [0, 0.05) is 44.0 Å². The van der Waals surface area contributed by atoms with Crippen molar-refractivity contribution in [2.45, 2.75) is 25.8 Å². The maximum Gasteiger partial charge on any atom is 0.271 e. The zero-order valence-corrected chi connectivity index (χ0v) is 13.2. The van der Waals surface area contributed by atoms with Gasteiger partial charge in [-0.15, -0.1) is 0 Å². The maximum atomic E-state index is 12.2. The molecule has 0 aromatic carbocycles. The quantitative estimate of drug-likeness (QED) is 0.844. The first kappa shape index (κ1) is 15.3. The van der Waals surface area contributed by atoms with Crippen molar-refractivity contribution in [3.8, 4) is 0 Å². The van der Waals surface area contributed by atoms with Gasteiger partial charge in [-0.3, -0.25) is 14.7 Å². The number of anilines is 1. The highest BCUT2D eigenvalue weighted by Crippen LogP contribution is 2.18. The molecule has 2 aromatic heterocycles. The second-order valence-corrected chi connectivity index (χ2v) is 5.82. The predicted octanol–water partition coefficient (Wildman–Crippen LogP) is 0.211. The summed E-state index contributed by atoms with van der Waals surface area (Å²) in [6.45, 7) is 3.66. The Balaban J connectivity index is 1.57. The van der Waals surface area contributed by atoms with Gasteiger partial charge in [0.25, 0.3) is 11.5 Å². The van der Waals surface area contributed by atoms with Crippen LogP contribution in [0.15, 0.2) is 23.0 Å².